The van der Waals surface area contributed by atoms with Gasteiger partial charge in [-0.2, -0.15) is 0 Å². The van der Waals surface area contributed by atoms with E-state index in [9.17, 15) is 9.90 Å². The monoisotopic (exact) mass is 131 g/mol. The SMILES string of the molecule is NCCC[C@@H](N)C(=O)[O-]. The Labute approximate surface area is 53.8 Å². The number of nitrogens with two attached hydrogens (primary N) is 2. The topological polar surface area (TPSA) is 92.2 Å². The van der Waals surface area contributed by atoms with Crippen LogP contribution in [0.25, 0.3) is 0 Å². The molecule has 0 fully saturated rings. The Kier molecular flexibility index (Phi) is 4.00. The van der Waals surface area contributed by atoms with Gasteiger partial charge in [-0.3, -0.25) is 0 Å². The molecule has 0 radical (unpaired) electrons. The van der Waals surface area contributed by atoms with Crippen molar-refractivity contribution in [3.63, 3.8) is 0 Å². The van der Waals surface area contributed by atoms with E-state index in [1.807, 2.05) is 0 Å². The van der Waals surface area contributed by atoms with Gasteiger partial charge in [0, 0.05) is 6.04 Å². The molecule has 0 aromatic heterocycles. The average molecular weight is 131 g/mol. The van der Waals surface area contributed by atoms with Crippen molar-refractivity contribution in [3.05, 3.63) is 0 Å². The summed E-state index contributed by atoms with van der Waals surface area (Å²) in [5, 5.41) is 9.93. The summed E-state index contributed by atoms with van der Waals surface area (Å²) in [6, 6.07) is -0.853. The van der Waals surface area contributed by atoms with Crippen LogP contribution in [0.2, 0.25) is 0 Å². The fraction of sp³-hybridized carbons (Fsp3) is 0.800. The fourth-order valence-electron chi connectivity index (χ4n) is 0.456. The molecule has 0 amide bonds. The molecule has 0 aliphatic rings. The number of carbonyl (C=O) groups excluding carboxylic acids is 1. The van der Waals surface area contributed by atoms with Gasteiger partial charge in [-0.25, -0.2) is 0 Å². The van der Waals surface area contributed by atoms with Crippen molar-refractivity contribution in [2.45, 2.75) is 18.9 Å². The smallest absolute Gasteiger partial charge is 0.0582 e. The highest BCUT2D eigenvalue weighted by Gasteiger charge is 1.99. The average Bonchev–Trinajstić information content (AvgIpc) is 1.82. The highest BCUT2D eigenvalue weighted by molar-refractivity contribution is 5.70. The molecule has 0 aliphatic carbocycles. The van der Waals surface area contributed by atoms with E-state index in [2.05, 4.69) is 0 Å². The van der Waals surface area contributed by atoms with Crippen LogP contribution in [0, 0.1) is 0 Å². The van der Waals surface area contributed by atoms with Crippen LogP contribution in [0.1, 0.15) is 12.8 Å². The van der Waals surface area contributed by atoms with Crippen molar-refractivity contribution in [2.24, 2.45) is 11.5 Å². The summed E-state index contributed by atoms with van der Waals surface area (Å²) < 4.78 is 0. The Balaban J connectivity index is 3.27. The molecule has 0 aliphatic heterocycles. The highest BCUT2D eigenvalue weighted by Crippen LogP contribution is 1.89. The van der Waals surface area contributed by atoms with E-state index in [0.29, 0.717) is 19.4 Å². The Morgan fingerprint density at radius 3 is 2.56 bits per heavy atom. The maximum absolute atomic E-state index is 9.93. The summed E-state index contributed by atoms with van der Waals surface area (Å²) in [7, 11) is 0. The number of carbonyl (C=O) groups is 1. The number of hydrogen-bond donors (Lipinski definition) is 2. The molecule has 4 heteroatoms. The second-order valence-corrected chi connectivity index (χ2v) is 1.86. The zero-order valence-electron chi connectivity index (χ0n) is 5.17. The minimum atomic E-state index is -1.21. The molecule has 0 rings (SSSR count). The largest absolute Gasteiger partial charge is 0.548 e. The van der Waals surface area contributed by atoms with E-state index in [-0.39, 0.29) is 0 Å². The minimum Gasteiger partial charge on any atom is -0.548 e. The van der Waals surface area contributed by atoms with Gasteiger partial charge in [0.1, 0.15) is 0 Å². The summed E-state index contributed by atoms with van der Waals surface area (Å²) >= 11 is 0. The van der Waals surface area contributed by atoms with Crippen molar-refractivity contribution in [2.75, 3.05) is 6.54 Å². The second-order valence-electron chi connectivity index (χ2n) is 1.86. The molecule has 0 aromatic carbocycles. The van der Waals surface area contributed by atoms with E-state index in [1.54, 1.807) is 0 Å². The molecule has 0 saturated heterocycles. The molecule has 54 valence electrons. The third kappa shape index (κ3) is 3.93. The quantitative estimate of drug-likeness (QED) is 0.453. The molecule has 4 N–H and O–H groups in total. The lowest BCUT2D eigenvalue weighted by atomic mass is 10.2. The van der Waals surface area contributed by atoms with Crippen molar-refractivity contribution >= 4 is 5.97 Å². The van der Waals surface area contributed by atoms with Gasteiger partial charge in [0.2, 0.25) is 0 Å². The van der Waals surface area contributed by atoms with Crippen molar-refractivity contribution in [3.8, 4) is 0 Å². The Morgan fingerprint density at radius 1 is 1.67 bits per heavy atom. The number of hydrogen-bond acceptors (Lipinski definition) is 4. The molecule has 0 heterocycles. The fourth-order valence-corrected chi connectivity index (χ4v) is 0.456. The second kappa shape index (κ2) is 4.29. The summed E-state index contributed by atoms with van der Waals surface area (Å²) in [4.78, 5) is 9.93. The third-order valence-electron chi connectivity index (χ3n) is 1.02. The third-order valence-corrected chi connectivity index (χ3v) is 1.02. The number of carboxylic acid groups (broad SMARTS) is 1. The molecule has 0 saturated carbocycles. The number of carboxylic acids is 1. The van der Waals surface area contributed by atoms with E-state index in [1.165, 1.54) is 0 Å². The first kappa shape index (κ1) is 8.39. The first-order valence-corrected chi connectivity index (χ1v) is 2.85. The first-order valence-electron chi connectivity index (χ1n) is 2.85. The van der Waals surface area contributed by atoms with E-state index in [4.69, 9.17) is 11.5 Å². The van der Waals surface area contributed by atoms with Crippen molar-refractivity contribution < 1.29 is 9.90 Å². The van der Waals surface area contributed by atoms with Gasteiger partial charge >= 0.3 is 0 Å². The van der Waals surface area contributed by atoms with Crippen LogP contribution in [0.5, 0.6) is 0 Å². The molecule has 0 aromatic rings. The molecule has 0 spiro atoms. The van der Waals surface area contributed by atoms with Gasteiger partial charge in [-0.05, 0) is 19.4 Å². The first-order chi connectivity index (χ1) is 4.18. The van der Waals surface area contributed by atoms with Crippen LogP contribution in [-0.4, -0.2) is 18.6 Å². The maximum atomic E-state index is 9.93. The summed E-state index contributed by atoms with van der Waals surface area (Å²) in [6.45, 7) is 0.473. The zero-order chi connectivity index (χ0) is 7.28. The van der Waals surface area contributed by atoms with Crippen LogP contribution in [0.4, 0.5) is 0 Å². The molecule has 0 bridgehead atoms. The van der Waals surface area contributed by atoms with Crippen LogP contribution in [-0.2, 0) is 4.79 Å². The Bertz CT molecular complexity index is 95.0. The van der Waals surface area contributed by atoms with Gasteiger partial charge in [-0.15, -0.1) is 0 Å². The van der Waals surface area contributed by atoms with Crippen molar-refractivity contribution in [1.82, 2.24) is 0 Å². The van der Waals surface area contributed by atoms with Crippen LogP contribution < -0.4 is 16.6 Å². The summed E-state index contributed by atoms with van der Waals surface area (Å²) in [6.07, 6.45) is 1.04. The van der Waals surface area contributed by atoms with E-state index >= 15 is 0 Å². The number of aliphatic carboxylic acids is 1. The normalized spacial score (nSPS) is 13.1. The van der Waals surface area contributed by atoms with E-state index in [0.717, 1.165) is 0 Å². The molecule has 4 nitrogen and oxygen atoms in total. The minimum absolute atomic E-state index is 0.402. The van der Waals surface area contributed by atoms with E-state index < -0.39 is 12.0 Å². The van der Waals surface area contributed by atoms with Gasteiger partial charge in [0.25, 0.3) is 0 Å². The number of rotatable bonds is 4. The lowest BCUT2D eigenvalue weighted by Gasteiger charge is -2.10. The molecule has 1 atom stereocenters. The zero-order valence-corrected chi connectivity index (χ0v) is 5.17. The highest BCUT2D eigenvalue weighted by atomic mass is 16.4. The Hall–Kier alpha value is -0.610. The lowest BCUT2D eigenvalue weighted by Crippen LogP contribution is -2.41. The standard InChI is InChI=1S/C5H12N2O2/c6-3-1-2-4(7)5(8)9/h4H,1-3,6-7H2,(H,8,9)/p-1/t4-/m1/s1. The van der Waals surface area contributed by atoms with Crippen LogP contribution in [0.15, 0.2) is 0 Å². The predicted octanol–water partition coefficient (Wildman–Crippen LogP) is -2.20. The van der Waals surface area contributed by atoms with Crippen molar-refractivity contribution in [1.29, 1.82) is 0 Å². The molecular weight excluding hydrogens is 120 g/mol. The maximum Gasteiger partial charge on any atom is 0.0582 e. The van der Waals surface area contributed by atoms with Crippen LogP contribution >= 0.6 is 0 Å². The summed E-state index contributed by atoms with van der Waals surface area (Å²) in [5.74, 6) is -1.21. The Morgan fingerprint density at radius 2 is 2.22 bits per heavy atom. The van der Waals surface area contributed by atoms with Gasteiger partial charge in [0.05, 0.1) is 5.97 Å². The molecular formula is C5H11N2O2-. The summed E-state index contributed by atoms with van der Waals surface area (Å²) in [5.41, 5.74) is 10.2. The predicted molar refractivity (Wildman–Crippen MR) is 31.3 cm³/mol. The van der Waals surface area contributed by atoms with Crippen LogP contribution in [0.3, 0.4) is 0 Å². The van der Waals surface area contributed by atoms with Gasteiger partial charge in [-0.1, -0.05) is 0 Å². The lowest BCUT2D eigenvalue weighted by molar-refractivity contribution is -0.307. The van der Waals surface area contributed by atoms with Gasteiger partial charge in [0.15, 0.2) is 0 Å². The molecule has 0 unspecified atom stereocenters. The molecule has 9 heavy (non-hydrogen) atoms. The van der Waals surface area contributed by atoms with Gasteiger partial charge < -0.3 is 21.4 Å².